The highest BCUT2D eigenvalue weighted by Crippen LogP contribution is 2.22. The molecule has 0 aliphatic carbocycles. The maximum Gasteiger partial charge on any atom is 0.264 e. The molecule has 0 saturated carbocycles. The van der Waals surface area contributed by atoms with E-state index in [1.807, 2.05) is 7.05 Å². The fourth-order valence-corrected chi connectivity index (χ4v) is 4.29. The number of nitrogens with one attached hydrogen (secondary N) is 2. The third-order valence-corrected chi connectivity index (χ3v) is 5.17. The second kappa shape index (κ2) is 5.13. The van der Waals surface area contributed by atoms with Crippen LogP contribution in [0.3, 0.4) is 0 Å². The first-order chi connectivity index (χ1) is 8.12. The minimum Gasteiger partial charge on any atom is -0.315 e. The summed E-state index contributed by atoms with van der Waals surface area (Å²) in [6.45, 7) is 0.664. The molecule has 0 aliphatic rings. The van der Waals surface area contributed by atoms with Crippen LogP contribution in [0, 0.1) is 0 Å². The predicted molar refractivity (Wildman–Crippen MR) is 70.0 cm³/mol. The van der Waals surface area contributed by atoms with Gasteiger partial charge in [0.2, 0.25) is 0 Å². The van der Waals surface area contributed by atoms with Crippen LogP contribution in [-0.4, -0.2) is 20.4 Å². The molecule has 8 heteroatoms. The van der Waals surface area contributed by atoms with Gasteiger partial charge in [-0.05, 0) is 13.1 Å². The minimum atomic E-state index is -3.50. The largest absolute Gasteiger partial charge is 0.315 e. The number of rotatable bonds is 5. The molecule has 92 valence electrons. The van der Waals surface area contributed by atoms with Crippen LogP contribution in [0.15, 0.2) is 27.9 Å². The molecule has 0 atom stereocenters. The molecule has 17 heavy (non-hydrogen) atoms. The molecule has 2 rings (SSSR count). The molecule has 0 amide bonds. The van der Waals surface area contributed by atoms with Gasteiger partial charge in [0.1, 0.15) is 0 Å². The molecular weight excluding hydrogens is 278 g/mol. The van der Waals surface area contributed by atoms with Gasteiger partial charge in [-0.25, -0.2) is 13.4 Å². The van der Waals surface area contributed by atoms with Crippen molar-refractivity contribution in [3.63, 3.8) is 0 Å². The Kier molecular flexibility index (Phi) is 3.77. The monoisotopic (exact) mass is 289 g/mol. The van der Waals surface area contributed by atoms with Crippen molar-refractivity contribution in [3.05, 3.63) is 27.9 Å². The lowest BCUT2D eigenvalue weighted by molar-refractivity contribution is 0.601. The van der Waals surface area contributed by atoms with E-state index in [0.717, 1.165) is 4.88 Å². The van der Waals surface area contributed by atoms with Crippen LogP contribution < -0.4 is 10.0 Å². The predicted octanol–water partition coefficient (Wildman–Crippen LogP) is 1.72. The lowest BCUT2D eigenvalue weighted by atomic mass is 10.5. The molecule has 2 aromatic heterocycles. The number of nitrogens with zero attached hydrogens (tertiary/aromatic N) is 1. The van der Waals surface area contributed by atoms with Gasteiger partial charge < -0.3 is 5.32 Å². The molecule has 2 heterocycles. The van der Waals surface area contributed by atoms with Gasteiger partial charge in [-0.2, -0.15) is 0 Å². The summed E-state index contributed by atoms with van der Waals surface area (Å²) in [5.74, 6) is 0. The highest BCUT2D eigenvalue weighted by Gasteiger charge is 2.17. The Balaban J connectivity index is 2.19. The van der Waals surface area contributed by atoms with Crippen LogP contribution in [0.4, 0.5) is 5.13 Å². The highest BCUT2D eigenvalue weighted by molar-refractivity contribution is 7.93. The molecule has 2 aromatic rings. The fraction of sp³-hybridized carbons (Fsp3) is 0.222. The van der Waals surface area contributed by atoms with Crippen LogP contribution >= 0.6 is 22.7 Å². The zero-order chi connectivity index (χ0) is 12.3. The molecule has 0 radical (unpaired) electrons. The van der Waals surface area contributed by atoms with Crippen LogP contribution in [-0.2, 0) is 16.6 Å². The van der Waals surface area contributed by atoms with Crippen molar-refractivity contribution in [2.45, 2.75) is 11.4 Å². The number of thiazole rings is 1. The minimum absolute atomic E-state index is 0.281. The molecular formula is C9H11N3O2S3. The molecule has 0 aliphatic heterocycles. The summed E-state index contributed by atoms with van der Waals surface area (Å²) >= 11 is 2.67. The Labute approximate surface area is 108 Å². The maximum absolute atomic E-state index is 12.0. The van der Waals surface area contributed by atoms with Gasteiger partial charge >= 0.3 is 0 Å². The Morgan fingerprint density at radius 3 is 2.88 bits per heavy atom. The van der Waals surface area contributed by atoms with E-state index in [0.29, 0.717) is 11.7 Å². The molecule has 2 N–H and O–H groups in total. The summed E-state index contributed by atoms with van der Waals surface area (Å²) in [6, 6.07) is 1.66. The van der Waals surface area contributed by atoms with Crippen molar-refractivity contribution in [2.75, 3.05) is 11.8 Å². The van der Waals surface area contributed by atoms with Crippen LogP contribution in [0.5, 0.6) is 0 Å². The standard InChI is InChI=1S/C9H11N3O2S3/c1-10-5-7-4-8(6-16-7)17(13,14)12-9-11-2-3-15-9/h2-4,6,10H,5H2,1H3,(H,11,12). The molecule has 0 spiro atoms. The summed E-state index contributed by atoms with van der Waals surface area (Å²) in [6.07, 6.45) is 1.56. The van der Waals surface area contributed by atoms with Gasteiger partial charge in [0.25, 0.3) is 10.0 Å². The van der Waals surface area contributed by atoms with Gasteiger partial charge in [0, 0.05) is 28.4 Å². The smallest absolute Gasteiger partial charge is 0.264 e. The second-order valence-electron chi connectivity index (χ2n) is 3.22. The average molecular weight is 289 g/mol. The Morgan fingerprint density at radius 2 is 2.24 bits per heavy atom. The zero-order valence-electron chi connectivity index (χ0n) is 9.00. The van der Waals surface area contributed by atoms with Crippen LogP contribution in [0.1, 0.15) is 4.88 Å². The zero-order valence-corrected chi connectivity index (χ0v) is 11.5. The van der Waals surface area contributed by atoms with E-state index in [1.54, 1.807) is 23.0 Å². The third kappa shape index (κ3) is 3.03. The van der Waals surface area contributed by atoms with Crippen molar-refractivity contribution in [2.24, 2.45) is 0 Å². The molecule has 0 unspecified atom stereocenters. The number of hydrogen-bond acceptors (Lipinski definition) is 6. The van der Waals surface area contributed by atoms with Gasteiger partial charge in [0.05, 0.1) is 4.90 Å². The van der Waals surface area contributed by atoms with Crippen molar-refractivity contribution in [1.29, 1.82) is 0 Å². The second-order valence-corrected chi connectivity index (χ2v) is 6.79. The summed E-state index contributed by atoms with van der Waals surface area (Å²) in [7, 11) is -1.68. The quantitative estimate of drug-likeness (QED) is 0.879. The Bertz CT molecular complexity index is 574. The summed E-state index contributed by atoms with van der Waals surface area (Å²) in [5, 5.41) is 6.71. The molecule has 0 aromatic carbocycles. The lowest BCUT2D eigenvalue weighted by Gasteiger charge is -2.01. The molecule has 0 fully saturated rings. The number of sulfonamides is 1. The average Bonchev–Trinajstić information content (AvgIpc) is 2.88. The van der Waals surface area contributed by atoms with Gasteiger partial charge in [-0.15, -0.1) is 22.7 Å². The van der Waals surface area contributed by atoms with Gasteiger partial charge in [0.15, 0.2) is 5.13 Å². The highest BCUT2D eigenvalue weighted by atomic mass is 32.2. The lowest BCUT2D eigenvalue weighted by Crippen LogP contribution is -2.12. The molecule has 0 saturated heterocycles. The molecule has 0 bridgehead atoms. The third-order valence-electron chi connectivity index (χ3n) is 1.95. The number of thiophene rings is 1. The Morgan fingerprint density at radius 1 is 1.41 bits per heavy atom. The van der Waals surface area contributed by atoms with Crippen molar-refractivity contribution in [1.82, 2.24) is 10.3 Å². The first-order valence-electron chi connectivity index (χ1n) is 4.76. The number of hydrogen-bond donors (Lipinski definition) is 2. The van der Waals surface area contributed by atoms with E-state index in [1.165, 1.54) is 22.7 Å². The topological polar surface area (TPSA) is 71.1 Å². The fourth-order valence-electron chi connectivity index (χ4n) is 1.22. The normalized spacial score (nSPS) is 11.6. The summed E-state index contributed by atoms with van der Waals surface area (Å²) in [4.78, 5) is 5.15. The van der Waals surface area contributed by atoms with Gasteiger partial charge in [-0.3, -0.25) is 4.72 Å². The van der Waals surface area contributed by atoms with Crippen molar-refractivity contribution < 1.29 is 8.42 Å². The number of aromatic nitrogens is 1. The molecule has 5 nitrogen and oxygen atoms in total. The first-order valence-corrected chi connectivity index (χ1v) is 8.00. The van der Waals surface area contributed by atoms with E-state index in [9.17, 15) is 8.42 Å². The summed E-state index contributed by atoms with van der Waals surface area (Å²) in [5.41, 5.74) is 0. The SMILES string of the molecule is CNCc1cc(S(=O)(=O)Nc2nccs2)cs1. The van der Waals surface area contributed by atoms with E-state index in [4.69, 9.17) is 0 Å². The van der Waals surface area contributed by atoms with Crippen LogP contribution in [0.2, 0.25) is 0 Å². The summed E-state index contributed by atoms with van der Waals surface area (Å²) < 4.78 is 26.4. The van der Waals surface area contributed by atoms with E-state index in [2.05, 4.69) is 15.0 Å². The Hall–Kier alpha value is -0.960. The van der Waals surface area contributed by atoms with E-state index < -0.39 is 10.0 Å². The van der Waals surface area contributed by atoms with Gasteiger partial charge in [-0.1, -0.05) is 0 Å². The van der Waals surface area contributed by atoms with E-state index in [-0.39, 0.29) is 4.90 Å². The van der Waals surface area contributed by atoms with Crippen molar-refractivity contribution >= 4 is 37.8 Å². The number of anilines is 1. The van der Waals surface area contributed by atoms with E-state index >= 15 is 0 Å². The first kappa shape index (κ1) is 12.5. The maximum atomic E-state index is 12.0. The van der Waals surface area contributed by atoms with Crippen molar-refractivity contribution in [3.8, 4) is 0 Å². The van der Waals surface area contributed by atoms with Crippen LogP contribution in [0.25, 0.3) is 0 Å².